The van der Waals surface area contributed by atoms with Crippen LogP contribution < -0.4 is 0 Å². The Morgan fingerprint density at radius 1 is 0.362 bits per heavy atom. The Kier molecular flexibility index (Phi) is 39.4. The van der Waals surface area contributed by atoms with E-state index < -0.39 is 276 Å². The highest BCUT2D eigenvalue weighted by atomic mass is 19.1. The molecule has 38 atom stereocenters. The van der Waals surface area contributed by atoms with Crippen LogP contribution in [-0.2, 0) is 118 Å². The number of esters is 4. The molecule has 5 N–H and O–H groups in total. The number of ether oxygens (including phenoxy) is 18. The van der Waals surface area contributed by atoms with Crippen molar-refractivity contribution < 1.29 is 139 Å². The van der Waals surface area contributed by atoms with Crippen LogP contribution in [0.15, 0.2) is 112 Å². The highest BCUT2D eigenvalue weighted by Crippen LogP contribution is 2.45. The van der Waals surface area contributed by atoms with Crippen LogP contribution in [0.4, 0.5) is 8.78 Å². The van der Waals surface area contributed by atoms with Gasteiger partial charge < -0.3 is 111 Å². The van der Waals surface area contributed by atoms with Crippen LogP contribution >= 0.6 is 0 Å². The van der Waals surface area contributed by atoms with Crippen molar-refractivity contribution in [3.63, 3.8) is 0 Å². The minimum atomic E-state index is -1.90. The van der Waals surface area contributed by atoms with E-state index in [1.807, 2.05) is 0 Å². The molecule has 0 amide bonds. The summed E-state index contributed by atoms with van der Waals surface area (Å²) in [6, 6.07) is 8.86. The third-order valence-electron chi connectivity index (χ3n) is 22.2. The van der Waals surface area contributed by atoms with Crippen molar-refractivity contribution in [2.45, 2.75) is 302 Å². The molecule has 0 spiro atoms. The molecule has 6 heterocycles. The lowest BCUT2D eigenvalue weighted by Crippen LogP contribution is -2.63. The van der Waals surface area contributed by atoms with Gasteiger partial charge in [0.15, 0.2) is 56.1 Å². The van der Waals surface area contributed by atoms with Gasteiger partial charge in [-0.25, -0.2) is 8.78 Å². The Morgan fingerprint density at radius 3 is 1.20 bits per heavy atom. The van der Waals surface area contributed by atoms with Crippen LogP contribution in [0.5, 0.6) is 0 Å². The van der Waals surface area contributed by atoms with Crippen molar-refractivity contribution in [3.8, 4) is 0 Å². The second-order valence-corrected chi connectivity index (χ2v) is 30.4. The number of carbonyl (C=O) groups excluding carboxylic acids is 4. The molecule has 57 nitrogen and oxygen atoms in total. The lowest BCUT2D eigenvalue weighted by Gasteiger charge is -2.48. The number of benzene rings is 2. The average molecular weight is 1840 g/mol. The summed E-state index contributed by atoms with van der Waals surface area (Å²) >= 11 is 0. The van der Waals surface area contributed by atoms with Crippen molar-refractivity contribution in [3.05, 3.63) is 176 Å². The maximum absolute atomic E-state index is 16.7. The van der Waals surface area contributed by atoms with Gasteiger partial charge in [0.25, 0.3) is 0 Å². The number of hydrogen-bond acceptors (Lipinski definition) is 37. The third-order valence-corrected chi connectivity index (χ3v) is 22.2. The zero-order chi connectivity index (χ0) is 94.4. The van der Waals surface area contributed by atoms with Gasteiger partial charge in [0, 0.05) is 88.6 Å². The van der Waals surface area contributed by atoms with Crippen molar-refractivity contribution in [1.29, 1.82) is 0 Å². The Balaban J connectivity index is 0.000000298. The summed E-state index contributed by atoms with van der Waals surface area (Å²) in [6.45, 7) is 6.10. The van der Waals surface area contributed by atoms with Crippen LogP contribution in [0.25, 0.3) is 104 Å². The second kappa shape index (κ2) is 50.1. The normalized spacial score (nSPS) is 37.7. The fourth-order valence-corrected chi connectivity index (χ4v) is 16.1. The Hall–Kier alpha value is -11.5. The Labute approximate surface area is 733 Å². The molecule has 0 aromatic heterocycles. The van der Waals surface area contributed by atoms with Gasteiger partial charge in [-0.05, 0) is 85.7 Å². The summed E-state index contributed by atoms with van der Waals surface area (Å²) < 4.78 is 142. The number of aliphatic hydroxyl groups is 5. The van der Waals surface area contributed by atoms with Crippen LogP contribution in [0.2, 0.25) is 0 Å². The van der Waals surface area contributed by atoms with E-state index in [0.717, 1.165) is 27.7 Å². The van der Waals surface area contributed by atoms with Crippen LogP contribution in [0, 0.1) is 11.8 Å². The number of carbonyl (C=O) groups is 4. The van der Waals surface area contributed by atoms with Gasteiger partial charge in [0.05, 0.1) is 119 Å². The van der Waals surface area contributed by atoms with Gasteiger partial charge in [0.2, 0.25) is 0 Å². The first-order valence-electron chi connectivity index (χ1n) is 40.4. The topological polar surface area (TPSA) is 823 Å². The molecule has 2 aromatic rings. The maximum Gasteiger partial charge on any atom is 0.303 e. The highest BCUT2D eigenvalue weighted by molar-refractivity contribution is 5.68. The quantitative estimate of drug-likeness (QED) is 0.0138. The molecule has 6 aliphatic heterocycles. The molecule has 0 bridgehead atoms. The van der Waals surface area contributed by atoms with E-state index in [9.17, 15) is 77.9 Å². The molecule has 8 aliphatic rings. The molecule has 59 heteroatoms. The fourth-order valence-electron chi connectivity index (χ4n) is 16.1. The van der Waals surface area contributed by atoms with E-state index >= 15 is 8.78 Å². The molecule has 2 saturated carbocycles. The lowest BCUT2D eigenvalue weighted by molar-refractivity contribution is -0.324. The molecular weight excluding hydrogens is 1740 g/mol. The smallest absolute Gasteiger partial charge is 0.303 e. The summed E-state index contributed by atoms with van der Waals surface area (Å²) in [7, 11) is 0. The third kappa shape index (κ3) is 26.0. The minimum absolute atomic E-state index is 0.0620. The van der Waals surface area contributed by atoms with E-state index in [1.54, 1.807) is 67.6 Å². The number of halogens is 2. The first-order chi connectivity index (χ1) is 62.6. The first kappa shape index (κ1) is 102. The van der Waals surface area contributed by atoms with Gasteiger partial charge >= 0.3 is 23.9 Å². The van der Waals surface area contributed by atoms with Gasteiger partial charge in [-0.2, -0.15) is 0 Å². The number of hydrogen-bond donors (Lipinski definition) is 5. The molecular formula is C71H94F2N30O27. The SMILES string of the molecule is CC[C@H]1O[C@@H](O[C@@H]2[C@@H](OC(C)=O)[C@H](N=[N+]=[N-])C[C@H](N=[N+]=[N-])[C@H]2O[C@H]2O[C@H](CN=[N+]=[N-])[C@@H](C)[C@H](F)[C@H]2OCc2ccccc2)[C@H](OC(C)=O)[C@@H]1O[C@H]1O[C@@H](CN=[N+]=[N-])[C@@H](OC(C)=O)[C@H](OC(C)=O)[C@H]1N=[N+]=[N-].C[C@H]1[C@H](F)[C@@H](OCc2ccccc2)[C@@H](O[C@H]2[C@H](O[C@@H]3O[C@H](CO)[C@@H](O[C@H]4O[C@@H](CN=[N+]=[N-])[C@@H](O)[C@H](O)[C@H]4N=[N+]=[N-])[C@H]3O)[C@@H](O)[C@H](N=[N+]=[N-])C[C@@H]2N=[N+]=[N-])O[C@@H]1CN=[N+]=[N-]. The van der Waals surface area contributed by atoms with Crippen molar-refractivity contribution in [2.24, 2.45) is 63.0 Å². The summed E-state index contributed by atoms with van der Waals surface area (Å²) in [5.74, 6) is -5.41. The fraction of sp³-hybridized carbons (Fsp3) is 0.775. The highest BCUT2D eigenvalue weighted by Gasteiger charge is 2.61. The predicted molar refractivity (Wildman–Crippen MR) is 426 cm³/mol. The van der Waals surface area contributed by atoms with Crippen molar-refractivity contribution in [2.75, 3.05) is 32.8 Å². The second-order valence-electron chi connectivity index (χ2n) is 30.4. The molecule has 130 heavy (non-hydrogen) atoms. The van der Waals surface area contributed by atoms with E-state index in [1.165, 1.54) is 13.8 Å². The van der Waals surface area contributed by atoms with E-state index in [4.69, 9.17) is 107 Å². The number of alkyl halides is 2. The molecule has 10 rings (SSSR count). The molecule has 2 aromatic carbocycles. The van der Waals surface area contributed by atoms with E-state index in [-0.39, 0.29) is 45.6 Å². The average Bonchev–Trinajstić information content (AvgIpc) is 1.45. The molecule has 0 unspecified atom stereocenters. The van der Waals surface area contributed by atoms with E-state index in [2.05, 4.69) is 100 Å². The number of rotatable bonds is 38. The lowest BCUT2D eigenvalue weighted by atomic mass is 9.83. The zero-order valence-electron chi connectivity index (χ0n) is 70.2. The maximum atomic E-state index is 16.7. The largest absolute Gasteiger partial charge is 0.459 e. The minimum Gasteiger partial charge on any atom is -0.459 e. The summed E-state index contributed by atoms with van der Waals surface area (Å²) in [5.41, 5.74) is 94.7. The van der Waals surface area contributed by atoms with Crippen LogP contribution in [-0.4, -0.2) is 303 Å². The summed E-state index contributed by atoms with van der Waals surface area (Å²) in [6.07, 6.45) is -48.4. The first-order valence-corrected chi connectivity index (χ1v) is 40.4. The van der Waals surface area contributed by atoms with Gasteiger partial charge in [0.1, 0.15) is 91.6 Å². The molecule has 8 fully saturated rings. The van der Waals surface area contributed by atoms with Crippen LogP contribution in [0.1, 0.15) is 78.9 Å². The molecule has 704 valence electrons. The Bertz CT molecular complexity index is 4640. The number of azide groups is 10. The summed E-state index contributed by atoms with van der Waals surface area (Å²) in [5, 5.41) is 90.9. The van der Waals surface area contributed by atoms with Crippen LogP contribution in [0.3, 0.4) is 0 Å². The van der Waals surface area contributed by atoms with Crippen molar-refractivity contribution >= 4 is 23.9 Å². The van der Waals surface area contributed by atoms with Gasteiger partial charge in [-0.1, -0.05) is 133 Å². The van der Waals surface area contributed by atoms with E-state index in [0.29, 0.717) is 11.1 Å². The monoisotopic (exact) mass is 1840 g/mol. The van der Waals surface area contributed by atoms with Gasteiger partial charge in [-0.3, -0.25) is 19.2 Å². The summed E-state index contributed by atoms with van der Waals surface area (Å²) in [4.78, 5) is 78.4. The predicted octanol–water partition coefficient (Wildman–Crippen LogP) is 8.45. The molecule has 6 saturated heterocycles. The molecule has 0 radical (unpaired) electrons. The Morgan fingerprint density at radius 2 is 0.723 bits per heavy atom. The zero-order valence-corrected chi connectivity index (χ0v) is 70.2. The van der Waals surface area contributed by atoms with Gasteiger partial charge in [-0.15, -0.1) is 0 Å². The molecule has 2 aliphatic carbocycles. The standard InChI is InChI=1S/C40H52FN15O15.C31H42FN15O12/c1-7-25-32(70-38-29(51-56-46)35(64-20(5)59)33(63-19(4)58)27(68-38)15-48-53-43)37(65-21(6)60)40(66-25)71-36-30(62-18(3)57)23(49-54-44)13-24(50-55-45)31(36)69-39-34(61-16-22-11-9-8-10-12-22)28(41)17(2)26(67-39)14-47-52-42;1-12-16(8-38-43-33)54-31(27(19(12)32)53-11-13-5-3-2-4-6-13)57-25-15(41-46-36)7-14(40-45-35)21(49)28(25)59-30-24(52)26(18(10-48)56-30)58-29-20(42-47-37)23(51)22(50)17(55-29)9-39-44-34/h8-12,17,23-40H,7,13-16H2,1-6H3;2-6,12,14-31,48-52H,7-11H2,1H3/t17-,23-,24+,25-,26-,27+,28+,29-,30+,31-,32-,33-,34-,35-,36-,37-,38-,39-,40+;12-,14-,15+,16-,17+,18-,19+,20-,21+,22-,23-,24-,25-,26-,27-,28-,29-,30+,31-/m11/s1. The number of aliphatic hydroxyl groups excluding tert-OH is 5. The van der Waals surface area contributed by atoms with Crippen molar-refractivity contribution in [1.82, 2.24) is 0 Å². The number of nitrogens with zero attached hydrogens (tertiary/aromatic N) is 30.